The molecule has 9 heteroatoms. The molecule has 0 spiro atoms. The molecule has 0 saturated heterocycles. The lowest BCUT2D eigenvalue weighted by atomic mass is 9.81. The van der Waals surface area contributed by atoms with Gasteiger partial charge in [-0.15, -0.1) is 0 Å². The molecule has 9 nitrogen and oxygen atoms in total. The Morgan fingerprint density at radius 1 is 0.812 bits per heavy atom. The van der Waals surface area contributed by atoms with E-state index in [-0.39, 0.29) is 43.0 Å². The molecule has 0 radical (unpaired) electrons. The minimum atomic E-state index is -1.02. The van der Waals surface area contributed by atoms with E-state index in [1.807, 2.05) is 36.9 Å². The summed E-state index contributed by atoms with van der Waals surface area (Å²) in [7, 11) is 1.78. The first kappa shape index (κ1) is 38.3. The van der Waals surface area contributed by atoms with Gasteiger partial charge in [-0.05, 0) is 74.3 Å². The number of aliphatic hydroxyl groups is 2. The molecule has 2 N–H and O–H groups in total. The van der Waals surface area contributed by atoms with Crippen molar-refractivity contribution in [2.75, 3.05) is 33.2 Å². The van der Waals surface area contributed by atoms with Gasteiger partial charge in [-0.25, -0.2) is 0 Å². The van der Waals surface area contributed by atoms with Crippen LogP contribution in [-0.4, -0.2) is 99.1 Å². The van der Waals surface area contributed by atoms with Crippen molar-refractivity contribution in [1.29, 1.82) is 0 Å². The Labute approximate surface area is 289 Å². The number of aromatic nitrogens is 1. The fourth-order valence-electron chi connectivity index (χ4n) is 7.78. The van der Waals surface area contributed by atoms with Crippen molar-refractivity contribution in [3.63, 3.8) is 0 Å². The van der Waals surface area contributed by atoms with Gasteiger partial charge in [-0.3, -0.25) is 19.4 Å². The molecule has 3 saturated carbocycles. The van der Waals surface area contributed by atoms with Crippen LogP contribution in [0.15, 0.2) is 24.4 Å². The molecule has 3 aliphatic rings. The van der Waals surface area contributed by atoms with Crippen LogP contribution in [0.5, 0.6) is 0 Å². The van der Waals surface area contributed by atoms with Crippen LogP contribution in [0.4, 0.5) is 0 Å². The van der Waals surface area contributed by atoms with Crippen LogP contribution in [0.2, 0.25) is 0 Å². The van der Waals surface area contributed by atoms with E-state index in [1.54, 1.807) is 23.0 Å². The summed E-state index contributed by atoms with van der Waals surface area (Å²) >= 11 is 0. The minimum absolute atomic E-state index is 0.0123. The van der Waals surface area contributed by atoms with Gasteiger partial charge in [0.25, 0.3) is 0 Å². The Kier molecular flexibility index (Phi) is 15.6. The fourth-order valence-corrected chi connectivity index (χ4v) is 7.78. The molecule has 3 fully saturated rings. The Morgan fingerprint density at radius 2 is 1.44 bits per heavy atom. The lowest BCUT2D eigenvalue weighted by Gasteiger charge is -2.40. The number of amides is 3. The molecule has 1 heterocycles. The number of rotatable bonds is 19. The predicted molar refractivity (Wildman–Crippen MR) is 189 cm³/mol. The number of likely N-dealkylation sites (N-methyl/N-ethyl adjacent to an activating group) is 1. The normalized spacial score (nSPS) is 19.5. The SMILES string of the molecule is CC(C)C[C@H](O)[C@H](O)[C@H](CC1CCCCC1)N(CC1CC1)C(=O)CCC(=O)N(CC(=O)N(C)CCc1ccccn1)CC1CCCCC1. The maximum Gasteiger partial charge on any atom is 0.241 e. The quantitative estimate of drug-likeness (QED) is 0.198. The lowest BCUT2D eigenvalue weighted by molar-refractivity contribution is -0.144. The zero-order valence-corrected chi connectivity index (χ0v) is 30.1. The summed E-state index contributed by atoms with van der Waals surface area (Å²) < 4.78 is 0. The maximum atomic E-state index is 14.1. The van der Waals surface area contributed by atoms with Gasteiger partial charge in [0.15, 0.2) is 0 Å². The van der Waals surface area contributed by atoms with Gasteiger partial charge in [0.05, 0.1) is 18.7 Å². The molecule has 3 aliphatic carbocycles. The van der Waals surface area contributed by atoms with Crippen LogP contribution in [0.3, 0.4) is 0 Å². The van der Waals surface area contributed by atoms with Crippen LogP contribution < -0.4 is 0 Å². The Hall–Kier alpha value is -2.52. The lowest BCUT2D eigenvalue weighted by Crippen LogP contribution is -2.53. The van der Waals surface area contributed by atoms with Crippen LogP contribution in [-0.2, 0) is 20.8 Å². The van der Waals surface area contributed by atoms with E-state index < -0.39 is 18.2 Å². The average molecular weight is 669 g/mol. The third-order valence-corrected chi connectivity index (χ3v) is 11.0. The molecule has 0 bridgehead atoms. The minimum Gasteiger partial charge on any atom is -0.390 e. The van der Waals surface area contributed by atoms with Gasteiger partial charge in [0.1, 0.15) is 6.10 Å². The maximum absolute atomic E-state index is 14.1. The number of hydrogen-bond acceptors (Lipinski definition) is 6. The Morgan fingerprint density at radius 3 is 2.04 bits per heavy atom. The van der Waals surface area contributed by atoms with Crippen molar-refractivity contribution >= 4 is 17.7 Å². The number of hydrogen-bond donors (Lipinski definition) is 2. The summed E-state index contributed by atoms with van der Waals surface area (Å²) in [6.07, 6.45) is 15.2. The molecule has 3 atom stereocenters. The topological polar surface area (TPSA) is 114 Å². The molecule has 270 valence electrons. The van der Waals surface area contributed by atoms with E-state index in [1.165, 1.54) is 25.7 Å². The van der Waals surface area contributed by atoms with Gasteiger partial charge in [-0.1, -0.05) is 71.3 Å². The second-order valence-corrected chi connectivity index (χ2v) is 15.6. The van der Waals surface area contributed by atoms with Crippen molar-refractivity contribution < 1.29 is 24.6 Å². The standard InChI is InChI=1S/C39H64N4O5/c1-29(2)24-35(44)39(48)34(25-30-12-6-4-7-13-30)43(27-32-17-18-32)37(46)20-19-36(45)42(26-31-14-8-5-9-15-31)28-38(47)41(3)23-21-33-16-10-11-22-40-33/h10-11,16,22,29-32,34-35,39,44,48H,4-9,12-15,17-21,23-28H2,1-3H3/t34-,35-,39+/m0/s1. The largest absolute Gasteiger partial charge is 0.390 e. The van der Waals surface area contributed by atoms with Gasteiger partial charge in [0, 0.05) is 57.8 Å². The molecule has 0 aliphatic heterocycles. The zero-order valence-electron chi connectivity index (χ0n) is 30.1. The second kappa shape index (κ2) is 19.6. The van der Waals surface area contributed by atoms with Crippen molar-refractivity contribution in [3.8, 4) is 0 Å². The zero-order chi connectivity index (χ0) is 34.5. The highest BCUT2D eigenvalue weighted by atomic mass is 16.3. The Bertz CT molecular complexity index is 1120. The van der Waals surface area contributed by atoms with Gasteiger partial charge in [0.2, 0.25) is 17.7 Å². The fraction of sp³-hybridized carbons (Fsp3) is 0.795. The molecule has 3 amide bonds. The van der Waals surface area contributed by atoms with Crippen molar-refractivity contribution in [1.82, 2.24) is 19.7 Å². The van der Waals surface area contributed by atoms with Crippen molar-refractivity contribution in [3.05, 3.63) is 30.1 Å². The second-order valence-electron chi connectivity index (χ2n) is 15.6. The number of pyridine rings is 1. The average Bonchev–Trinajstić information content (AvgIpc) is 3.92. The summed E-state index contributed by atoms with van der Waals surface area (Å²) in [5, 5.41) is 22.6. The molecule has 48 heavy (non-hydrogen) atoms. The summed E-state index contributed by atoms with van der Waals surface area (Å²) in [6, 6.07) is 5.30. The number of carbonyl (C=O) groups is 3. The first-order valence-electron chi connectivity index (χ1n) is 19.2. The molecule has 0 unspecified atom stereocenters. The smallest absolute Gasteiger partial charge is 0.241 e. The van der Waals surface area contributed by atoms with Gasteiger partial charge < -0.3 is 24.9 Å². The van der Waals surface area contributed by atoms with E-state index in [0.717, 1.165) is 57.1 Å². The predicted octanol–water partition coefficient (Wildman–Crippen LogP) is 5.62. The molecular weight excluding hydrogens is 604 g/mol. The van der Waals surface area contributed by atoms with E-state index in [9.17, 15) is 24.6 Å². The summed E-state index contributed by atoms with van der Waals surface area (Å²) in [5.74, 6) is 1.05. The molecule has 0 aromatic carbocycles. The number of nitrogens with zero attached hydrogens (tertiary/aromatic N) is 4. The summed E-state index contributed by atoms with van der Waals surface area (Å²) in [6.45, 7) is 5.71. The first-order chi connectivity index (χ1) is 23.1. The third-order valence-electron chi connectivity index (χ3n) is 11.0. The third kappa shape index (κ3) is 12.7. The summed E-state index contributed by atoms with van der Waals surface area (Å²) in [5.41, 5.74) is 0.921. The van der Waals surface area contributed by atoms with Crippen molar-refractivity contribution in [2.45, 2.75) is 141 Å². The number of aliphatic hydroxyl groups excluding tert-OH is 2. The van der Waals surface area contributed by atoms with Crippen LogP contribution >= 0.6 is 0 Å². The number of carbonyl (C=O) groups excluding carboxylic acids is 3. The highest BCUT2D eigenvalue weighted by Gasteiger charge is 2.39. The highest BCUT2D eigenvalue weighted by Crippen LogP contribution is 2.35. The van der Waals surface area contributed by atoms with E-state index in [2.05, 4.69) is 4.98 Å². The van der Waals surface area contributed by atoms with Crippen LogP contribution in [0, 0.1) is 23.7 Å². The first-order valence-corrected chi connectivity index (χ1v) is 19.2. The summed E-state index contributed by atoms with van der Waals surface area (Å²) in [4.78, 5) is 50.9. The highest BCUT2D eigenvalue weighted by molar-refractivity contribution is 5.87. The van der Waals surface area contributed by atoms with Crippen molar-refractivity contribution in [2.24, 2.45) is 23.7 Å². The molecule has 1 aromatic rings. The van der Waals surface area contributed by atoms with Crippen LogP contribution in [0.25, 0.3) is 0 Å². The van der Waals surface area contributed by atoms with E-state index in [4.69, 9.17) is 0 Å². The van der Waals surface area contributed by atoms with Gasteiger partial charge in [-0.2, -0.15) is 0 Å². The molecule has 1 aromatic heterocycles. The van der Waals surface area contributed by atoms with E-state index >= 15 is 0 Å². The Balaban J connectivity index is 1.43. The van der Waals surface area contributed by atoms with Crippen LogP contribution in [0.1, 0.15) is 122 Å². The van der Waals surface area contributed by atoms with Gasteiger partial charge >= 0.3 is 0 Å². The van der Waals surface area contributed by atoms with E-state index in [0.29, 0.717) is 56.7 Å². The molecule has 4 rings (SSSR count). The monoisotopic (exact) mass is 668 g/mol. The molecular formula is C39H64N4O5.